The van der Waals surface area contributed by atoms with Crippen LogP contribution in [0.25, 0.3) is 0 Å². The van der Waals surface area contributed by atoms with Crippen molar-refractivity contribution in [1.29, 1.82) is 0 Å². The smallest absolute Gasteiger partial charge is 0.411 e. The van der Waals surface area contributed by atoms with Crippen molar-refractivity contribution in [2.75, 3.05) is 23.0 Å². The van der Waals surface area contributed by atoms with Crippen molar-refractivity contribution in [1.82, 2.24) is 0 Å². The molecule has 0 heterocycles. The number of nitrogen functional groups attached to an aromatic ring is 1. The molecule has 0 unspecified atom stereocenters. The van der Waals surface area contributed by atoms with Crippen LogP contribution in [0.1, 0.15) is 18.1 Å². The second kappa shape index (κ2) is 7.63. The summed E-state index contributed by atoms with van der Waals surface area (Å²) in [5.74, 6) is -1.09. The summed E-state index contributed by atoms with van der Waals surface area (Å²) in [5, 5.41) is 5.15. The van der Waals surface area contributed by atoms with E-state index >= 15 is 0 Å². The maximum Gasteiger partial charge on any atom is 0.411 e. The Morgan fingerprint density at radius 1 is 1.21 bits per heavy atom. The number of ether oxygens (including phenoxy) is 1. The van der Waals surface area contributed by atoms with Gasteiger partial charge in [-0.15, -0.1) is 0 Å². The van der Waals surface area contributed by atoms with Crippen LogP contribution in [0.15, 0.2) is 30.3 Å². The lowest BCUT2D eigenvalue weighted by Gasteiger charge is -2.13. The minimum Gasteiger partial charge on any atom is -0.450 e. The molecule has 0 bridgehead atoms. The lowest BCUT2D eigenvalue weighted by Crippen LogP contribution is -2.15. The second-order valence-electron chi connectivity index (χ2n) is 5.18. The standard InChI is InChI=1S/C17H19F2N3O2/c1-3-24-17(23)22-14-7-6-13(15(19)16(14)20)21-9-11-5-4-10(2)8-12(11)18/h4-8,21H,3,9,20H2,1-2H3,(H,22,23). The van der Waals surface area contributed by atoms with Gasteiger partial charge in [0.25, 0.3) is 0 Å². The van der Waals surface area contributed by atoms with Gasteiger partial charge in [-0.25, -0.2) is 13.6 Å². The summed E-state index contributed by atoms with van der Waals surface area (Å²) in [4.78, 5) is 11.4. The lowest BCUT2D eigenvalue weighted by atomic mass is 10.1. The summed E-state index contributed by atoms with van der Waals surface area (Å²) >= 11 is 0. The van der Waals surface area contributed by atoms with Gasteiger partial charge >= 0.3 is 6.09 Å². The van der Waals surface area contributed by atoms with E-state index in [2.05, 4.69) is 10.6 Å². The number of hydrogen-bond acceptors (Lipinski definition) is 4. The highest BCUT2D eigenvalue weighted by Crippen LogP contribution is 2.28. The van der Waals surface area contributed by atoms with Gasteiger partial charge < -0.3 is 15.8 Å². The third kappa shape index (κ3) is 4.13. The van der Waals surface area contributed by atoms with Gasteiger partial charge in [0.15, 0.2) is 5.82 Å². The highest BCUT2D eigenvalue weighted by molar-refractivity contribution is 5.90. The van der Waals surface area contributed by atoms with Gasteiger partial charge in [0.05, 0.1) is 23.7 Å². The third-order valence-electron chi connectivity index (χ3n) is 3.37. The minimum absolute atomic E-state index is 0.104. The molecule has 0 radical (unpaired) electrons. The molecule has 0 saturated heterocycles. The summed E-state index contributed by atoms with van der Waals surface area (Å²) < 4.78 is 32.8. The van der Waals surface area contributed by atoms with Crippen LogP contribution in [-0.2, 0) is 11.3 Å². The first-order chi connectivity index (χ1) is 11.4. The van der Waals surface area contributed by atoms with Crippen LogP contribution in [0.3, 0.4) is 0 Å². The van der Waals surface area contributed by atoms with E-state index in [4.69, 9.17) is 10.5 Å². The Morgan fingerprint density at radius 2 is 1.92 bits per heavy atom. The highest BCUT2D eigenvalue weighted by Gasteiger charge is 2.13. The van der Waals surface area contributed by atoms with E-state index in [9.17, 15) is 13.6 Å². The van der Waals surface area contributed by atoms with E-state index in [0.717, 1.165) is 5.56 Å². The topological polar surface area (TPSA) is 76.4 Å². The maximum atomic E-state index is 14.3. The molecule has 5 nitrogen and oxygen atoms in total. The van der Waals surface area contributed by atoms with Gasteiger partial charge in [-0.05, 0) is 37.6 Å². The number of aryl methyl sites for hydroxylation is 1. The number of nitrogens with two attached hydrogens (primary N) is 1. The van der Waals surface area contributed by atoms with Gasteiger partial charge in [0.2, 0.25) is 0 Å². The Labute approximate surface area is 138 Å². The number of anilines is 3. The van der Waals surface area contributed by atoms with Gasteiger partial charge in [-0.3, -0.25) is 5.32 Å². The van der Waals surface area contributed by atoms with E-state index in [-0.39, 0.29) is 36.0 Å². The minimum atomic E-state index is -0.725. The molecule has 128 valence electrons. The number of hydrogen-bond donors (Lipinski definition) is 3. The summed E-state index contributed by atoms with van der Waals surface area (Å²) in [7, 11) is 0. The summed E-state index contributed by atoms with van der Waals surface area (Å²) in [6.45, 7) is 3.74. The Hall–Kier alpha value is -2.83. The molecule has 2 aromatic carbocycles. The first-order valence-electron chi connectivity index (χ1n) is 7.43. The van der Waals surface area contributed by atoms with Crippen LogP contribution in [-0.4, -0.2) is 12.7 Å². The molecule has 0 aliphatic heterocycles. The molecule has 2 aromatic rings. The average molecular weight is 335 g/mol. The van der Waals surface area contributed by atoms with E-state index < -0.39 is 11.9 Å². The van der Waals surface area contributed by atoms with E-state index in [1.807, 2.05) is 0 Å². The number of halogens is 2. The molecule has 0 atom stereocenters. The molecular formula is C17H19F2N3O2. The van der Waals surface area contributed by atoms with Crippen molar-refractivity contribution in [2.45, 2.75) is 20.4 Å². The highest BCUT2D eigenvalue weighted by atomic mass is 19.1. The zero-order valence-corrected chi connectivity index (χ0v) is 13.5. The van der Waals surface area contributed by atoms with Crippen molar-refractivity contribution in [3.05, 3.63) is 53.1 Å². The quantitative estimate of drug-likeness (QED) is 0.721. The van der Waals surface area contributed by atoms with Crippen LogP contribution in [0.2, 0.25) is 0 Å². The van der Waals surface area contributed by atoms with Gasteiger partial charge in [-0.2, -0.15) is 0 Å². The zero-order chi connectivity index (χ0) is 17.7. The molecule has 0 aliphatic carbocycles. The summed E-state index contributed by atoms with van der Waals surface area (Å²) in [6, 6.07) is 7.68. The molecule has 7 heteroatoms. The first-order valence-corrected chi connectivity index (χ1v) is 7.43. The van der Waals surface area contributed by atoms with Crippen molar-refractivity contribution in [2.24, 2.45) is 0 Å². The Kier molecular flexibility index (Phi) is 5.57. The van der Waals surface area contributed by atoms with E-state index in [0.29, 0.717) is 5.56 Å². The molecule has 0 aliphatic rings. The largest absolute Gasteiger partial charge is 0.450 e. The molecular weight excluding hydrogens is 316 g/mol. The van der Waals surface area contributed by atoms with E-state index in [1.54, 1.807) is 26.0 Å². The first kappa shape index (κ1) is 17.5. The zero-order valence-electron chi connectivity index (χ0n) is 13.5. The van der Waals surface area contributed by atoms with Gasteiger partial charge in [-0.1, -0.05) is 12.1 Å². The molecule has 0 spiro atoms. The number of carbonyl (C=O) groups excluding carboxylic acids is 1. The van der Waals surface area contributed by atoms with Crippen LogP contribution in [0, 0.1) is 18.6 Å². The Bertz CT molecular complexity index is 751. The SMILES string of the molecule is CCOC(=O)Nc1ccc(NCc2ccc(C)cc2F)c(F)c1N. The number of rotatable bonds is 5. The maximum absolute atomic E-state index is 14.3. The van der Waals surface area contributed by atoms with Crippen LogP contribution in [0.4, 0.5) is 30.6 Å². The molecule has 4 N–H and O–H groups in total. The fourth-order valence-electron chi connectivity index (χ4n) is 2.10. The monoisotopic (exact) mass is 335 g/mol. The lowest BCUT2D eigenvalue weighted by molar-refractivity contribution is 0.168. The van der Waals surface area contributed by atoms with Crippen molar-refractivity contribution in [3.8, 4) is 0 Å². The summed E-state index contributed by atoms with van der Waals surface area (Å²) in [6.07, 6.45) is -0.717. The van der Waals surface area contributed by atoms with E-state index in [1.165, 1.54) is 18.2 Å². The molecule has 0 fully saturated rings. The van der Waals surface area contributed by atoms with Crippen LogP contribution < -0.4 is 16.4 Å². The number of benzene rings is 2. The average Bonchev–Trinajstić information content (AvgIpc) is 2.53. The third-order valence-corrected chi connectivity index (χ3v) is 3.37. The number of amides is 1. The van der Waals surface area contributed by atoms with Crippen molar-refractivity contribution in [3.63, 3.8) is 0 Å². The van der Waals surface area contributed by atoms with Crippen molar-refractivity contribution >= 4 is 23.2 Å². The predicted molar refractivity (Wildman–Crippen MR) is 89.9 cm³/mol. The fraction of sp³-hybridized carbons (Fsp3) is 0.235. The fourth-order valence-corrected chi connectivity index (χ4v) is 2.10. The van der Waals surface area contributed by atoms with Gasteiger partial charge in [0.1, 0.15) is 5.82 Å². The molecule has 2 rings (SSSR count). The number of nitrogens with one attached hydrogen (secondary N) is 2. The van der Waals surface area contributed by atoms with Crippen LogP contribution in [0.5, 0.6) is 0 Å². The predicted octanol–water partition coefficient (Wildman–Crippen LogP) is 4.04. The Morgan fingerprint density at radius 3 is 2.58 bits per heavy atom. The Balaban J connectivity index is 2.11. The van der Waals surface area contributed by atoms with Gasteiger partial charge in [0, 0.05) is 12.1 Å². The molecule has 1 amide bonds. The molecule has 0 aromatic heterocycles. The van der Waals surface area contributed by atoms with Crippen molar-refractivity contribution < 1.29 is 18.3 Å². The number of carbonyl (C=O) groups is 1. The molecule has 24 heavy (non-hydrogen) atoms. The summed E-state index contributed by atoms with van der Waals surface area (Å²) in [5.41, 5.74) is 6.90. The molecule has 0 saturated carbocycles. The normalized spacial score (nSPS) is 10.3. The second-order valence-corrected chi connectivity index (χ2v) is 5.18. The van der Waals surface area contributed by atoms with Crippen LogP contribution >= 0.6 is 0 Å².